The molecule has 2 N–H and O–H groups in total. The molecule has 4 aliphatic carbocycles. The molecule has 0 radical (unpaired) electrons. The van der Waals surface area contributed by atoms with Crippen LogP contribution >= 0.6 is 11.8 Å². The molecule has 0 bridgehead atoms. The number of hydrogen-bond donors (Lipinski definition) is 2. The van der Waals surface area contributed by atoms with Gasteiger partial charge in [0.1, 0.15) is 29.2 Å². The standard InChI is InChI=1S/C41H53N5O7S2/c1-24-34(52-3)17-16-29-35(21-32(42-36(24)29)33-23-54-38(43-33)25-11-7-6-8-12-25)53-27-19-30-31(20-27)39(48)46(2)18-10-5-4-9-13-26-22-41(26,44-37(30)47)40(49)45-55(50,51)28-14-15-28/h9,13,16-17,21,25-28,30-31,33H,4-8,10-12,14-15,18-20,22-23H2,1-3H3,(H,44,47)(H,45,49)/b13-9-/t26-,27-,30-,31-,33?,41-/m1/s1. The van der Waals surface area contributed by atoms with Gasteiger partial charge < -0.3 is 19.7 Å². The smallest absolute Gasteiger partial charge is 0.259 e. The molecule has 8 rings (SSSR count). The van der Waals surface area contributed by atoms with E-state index in [4.69, 9.17) is 19.5 Å². The first-order valence-electron chi connectivity index (χ1n) is 20.1. The number of rotatable bonds is 8. The lowest BCUT2D eigenvalue weighted by atomic mass is 9.90. The van der Waals surface area contributed by atoms with E-state index in [1.165, 1.54) is 37.1 Å². The fourth-order valence-corrected chi connectivity index (χ4v) is 11.7. The molecule has 4 fully saturated rings. The van der Waals surface area contributed by atoms with Crippen LogP contribution in [0.1, 0.15) is 101 Å². The van der Waals surface area contributed by atoms with E-state index in [9.17, 15) is 22.8 Å². The third-order valence-electron chi connectivity index (χ3n) is 12.6. The summed E-state index contributed by atoms with van der Waals surface area (Å²) in [7, 11) is -0.400. The van der Waals surface area contributed by atoms with Crippen LogP contribution in [0.25, 0.3) is 10.9 Å². The zero-order chi connectivity index (χ0) is 38.5. The molecule has 3 amide bonds. The van der Waals surface area contributed by atoms with E-state index in [1.54, 1.807) is 19.1 Å². The van der Waals surface area contributed by atoms with Gasteiger partial charge in [-0.05, 0) is 83.3 Å². The average Bonchev–Trinajstić information content (AvgIpc) is 4.06. The lowest BCUT2D eigenvalue weighted by Gasteiger charge is -2.26. The molecule has 12 nitrogen and oxygen atoms in total. The van der Waals surface area contributed by atoms with Crippen LogP contribution in [0.4, 0.5) is 0 Å². The van der Waals surface area contributed by atoms with E-state index in [0.29, 0.717) is 43.9 Å². The lowest BCUT2D eigenvalue weighted by Crippen LogP contribution is -2.54. The molecule has 0 spiro atoms. The second-order valence-electron chi connectivity index (χ2n) is 16.5. The van der Waals surface area contributed by atoms with E-state index < -0.39 is 50.6 Å². The van der Waals surface area contributed by atoms with Gasteiger partial charge in [-0.1, -0.05) is 31.4 Å². The Morgan fingerprint density at radius 2 is 1.82 bits per heavy atom. The van der Waals surface area contributed by atoms with Crippen molar-refractivity contribution >= 4 is 55.5 Å². The maximum absolute atomic E-state index is 14.4. The number of ether oxygens (including phenoxy) is 2. The highest BCUT2D eigenvalue weighted by Gasteiger charge is 2.62. The second kappa shape index (κ2) is 15.4. The Bertz CT molecular complexity index is 2030. The average molecular weight is 792 g/mol. The van der Waals surface area contributed by atoms with Crippen LogP contribution in [0.3, 0.4) is 0 Å². The number of pyridine rings is 1. The summed E-state index contributed by atoms with van der Waals surface area (Å²) in [5.74, 6) is -0.377. The number of sulfonamides is 1. The number of methoxy groups -OCH3 is 1. The number of amides is 3. The SMILES string of the molecule is COc1ccc2c(O[C@@H]3C[C@H]4C(=O)N[C@]5(C(=O)NS(=O)(=O)C6CC6)C[C@H]5/C=C\CCCCN(C)C(=O)[C@@H]4C3)cc(C3CSC(C4CCCCC4)=N3)nc2c1C. The molecular formula is C41H53N5O7S2. The van der Waals surface area contributed by atoms with Crippen molar-refractivity contribution in [1.29, 1.82) is 0 Å². The topological polar surface area (TPSA) is 156 Å². The predicted molar refractivity (Wildman–Crippen MR) is 213 cm³/mol. The summed E-state index contributed by atoms with van der Waals surface area (Å²) in [6, 6.07) is 5.73. The summed E-state index contributed by atoms with van der Waals surface area (Å²) in [5, 5.41) is 4.46. The number of hydrogen-bond acceptors (Lipinski definition) is 10. The van der Waals surface area contributed by atoms with Gasteiger partial charge in [0.2, 0.25) is 21.8 Å². The summed E-state index contributed by atoms with van der Waals surface area (Å²) in [6.45, 7) is 2.56. The largest absolute Gasteiger partial charge is 0.496 e. The Balaban J connectivity index is 1.09. The first kappa shape index (κ1) is 38.2. The number of fused-ring (bicyclic) bond motifs is 3. The molecule has 14 heteroatoms. The van der Waals surface area contributed by atoms with Crippen LogP contribution in [0.5, 0.6) is 11.5 Å². The number of benzene rings is 1. The summed E-state index contributed by atoms with van der Waals surface area (Å²) >= 11 is 1.84. The van der Waals surface area contributed by atoms with Crippen molar-refractivity contribution < 1.29 is 32.3 Å². The van der Waals surface area contributed by atoms with Crippen molar-refractivity contribution in [3.63, 3.8) is 0 Å². The van der Waals surface area contributed by atoms with Crippen molar-refractivity contribution in [2.45, 2.75) is 113 Å². The first-order valence-corrected chi connectivity index (χ1v) is 22.7. The fraction of sp³-hybridized carbons (Fsp3) is 0.634. The minimum atomic E-state index is -3.83. The van der Waals surface area contributed by atoms with Gasteiger partial charge in [0.05, 0.1) is 40.4 Å². The number of carbonyl (C=O) groups is 3. The molecule has 2 aromatic rings. The van der Waals surface area contributed by atoms with Gasteiger partial charge in [-0.15, -0.1) is 11.8 Å². The van der Waals surface area contributed by atoms with Gasteiger partial charge in [0.15, 0.2) is 0 Å². The fourth-order valence-electron chi connectivity index (χ4n) is 9.08. The summed E-state index contributed by atoms with van der Waals surface area (Å²) in [4.78, 5) is 54.2. The van der Waals surface area contributed by atoms with Gasteiger partial charge in [0, 0.05) is 48.2 Å². The lowest BCUT2D eigenvalue weighted by molar-refractivity contribution is -0.140. The van der Waals surface area contributed by atoms with Crippen molar-refractivity contribution in [2.75, 3.05) is 26.5 Å². The molecule has 1 aromatic carbocycles. The Labute approximate surface area is 328 Å². The van der Waals surface area contributed by atoms with Crippen molar-refractivity contribution in [1.82, 2.24) is 19.9 Å². The van der Waals surface area contributed by atoms with E-state index in [-0.39, 0.29) is 24.3 Å². The van der Waals surface area contributed by atoms with Crippen LogP contribution in [0, 0.1) is 30.6 Å². The number of carbonyl (C=O) groups excluding carboxylic acids is 3. The van der Waals surface area contributed by atoms with E-state index in [1.807, 2.05) is 49.0 Å². The van der Waals surface area contributed by atoms with E-state index in [0.717, 1.165) is 52.9 Å². The molecule has 6 atom stereocenters. The highest BCUT2D eigenvalue weighted by Crippen LogP contribution is 2.48. The quantitative estimate of drug-likeness (QED) is 0.317. The number of allylic oxidation sites excluding steroid dienone is 1. The zero-order valence-electron chi connectivity index (χ0n) is 32.1. The molecule has 4 saturated carbocycles. The van der Waals surface area contributed by atoms with E-state index >= 15 is 0 Å². The maximum Gasteiger partial charge on any atom is 0.259 e. The highest BCUT2D eigenvalue weighted by atomic mass is 32.2. The van der Waals surface area contributed by atoms with Crippen molar-refractivity contribution in [3.8, 4) is 11.5 Å². The van der Waals surface area contributed by atoms with Crippen LogP contribution < -0.4 is 19.5 Å². The number of aryl methyl sites for hydroxylation is 1. The number of aliphatic imine (C=N–C) groups is 1. The van der Waals surface area contributed by atoms with Crippen molar-refractivity contribution in [2.24, 2.45) is 28.7 Å². The number of thioether (sulfide) groups is 1. The zero-order valence-corrected chi connectivity index (χ0v) is 33.7. The monoisotopic (exact) mass is 791 g/mol. The normalized spacial score (nSPS) is 31.1. The molecular weight excluding hydrogens is 739 g/mol. The van der Waals surface area contributed by atoms with E-state index in [2.05, 4.69) is 10.0 Å². The van der Waals surface area contributed by atoms with Crippen LogP contribution in [0.2, 0.25) is 0 Å². The third-order valence-corrected chi connectivity index (χ3v) is 15.7. The number of nitrogens with one attached hydrogen (secondary N) is 2. The molecule has 3 heterocycles. The molecule has 2 aliphatic heterocycles. The summed E-state index contributed by atoms with van der Waals surface area (Å²) in [5.41, 5.74) is 1.10. The Morgan fingerprint density at radius 1 is 1.04 bits per heavy atom. The van der Waals surface area contributed by atoms with Gasteiger partial charge in [0.25, 0.3) is 5.91 Å². The summed E-state index contributed by atoms with van der Waals surface area (Å²) < 4.78 is 40.5. The summed E-state index contributed by atoms with van der Waals surface area (Å²) in [6.07, 6.45) is 13.9. The van der Waals surface area contributed by atoms with Crippen LogP contribution in [0.15, 0.2) is 35.3 Å². The number of aromatic nitrogens is 1. The van der Waals surface area contributed by atoms with Crippen LogP contribution in [-0.2, 0) is 24.4 Å². The van der Waals surface area contributed by atoms with Gasteiger partial charge in [-0.2, -0.15) is 0 Å². The molecule has 0 saturated heterocycles. The van der Waals surface area contributed by atoms with Crippen LogP contribution in [-0.4, -0.2) is 84.4 Å². The van der Waals surface area contributed by atoms with Crippen molar-refractivity contribution in [3.05, 3.63) is 41.6 Å². The Hall–Kier alpha value is -3.65. The molecule has 6 aliphatic rings. The second-order valence-corrected chi connectivity index (χ2v) is 19.5. The minimum Gasteiger partial charge on any atom is -0.496 e. The minimum absolute atomic E-state index is 0.112. The number of nitrogens with zero attached hydrogens (tertiary/aromatic N) is 3. The molecule has 55 heavy (non-hydrogen) atoms. The third kappa shape index (κ3) is 7.74. The molecule has 1 unspecified atom stereocenters. The Kier molecular flexibility index (Phi) is 10.7. The molecule has 1 aromatic heterocycles. The van der Waals surface area contributed by atoms with Gasteiger partial charge >= 0.3 is 0 Å². The molecule has 296 valence electrons. The van der Waals surface area contributed by atoms with Gasteiger partial charge in [-0.25, -0.2) is 13.4 Å². The highest BCUT2D eigenvalue weighted by molar-refractivity contribution is 8.14. The predicted octanol–water partition coefficient (Wildman–Crippen LogP) is 5.77. The first-order chi connectivity index (χ1) is 26.5. The van der Waals surface area contributed by atoms with Gasteiger partial charge in [-0.3, -0.25) is 24.1 Å². The Morgan fingerprint density at radius 3 is 2.58 bits per heavy atom. The maximum atomic E-state index is 14.4.